The second kappa shape index (κ2) is 7.32. The van der Waals surface area contributed by atoms with Gasteiger partial charge in [0.2, 0.25) is 0 Å². The summed E-state index contributed by atoms with van der Waals surface area (Å²) in [6.45, 7) is 2.13. The summed E-state index contributed by atoms with van der Waals surface area (Å²) < 4.78 is 100. The van der Waals surface area contributed by atoms with E-state index in [0.717, 1.165) is 6.08 Å². The standard InChI is InChI=1S/C12H12F7O4P/c1-2-3-22-5-6(23-24(18,19,20)21)4-7-8(13)10(15)12(17)11(16)9(7)14/h2,6,20-21H,1,3-5H2. The SMILES string of the molecule is C=CCOCC(Cc1c(F)c(F)c(F)c(F)c1F)OP(O)(O)(F)F. The summed E-state index contributed by atoms with van der Waals surface area (Å²) in [6.07, 6.45) is -2.24. The second-order valence-corrected chi connectivity index (χ2v) is 6.29. The van der Waals surface area contributed by atoms with Crippen molar-refractivity contribution in [3.05, 3.63) is 47.3 Å². The third kappa shape index (κ3) is 5.67. The molecular formula is C12H12F7O4P. The van der Waals surface area contributed by atoms with Crippen molar-refractivity contribution in [2.24, 2.45) is 0 Å². The van der Waals surface area contributed by atoms with Crippen molar-refractivity contribution in [3.63, 3.8) is 0 Å². The van der Waals surface area contributed by atoms with Gasteiger partial charge in [-0.25, -0.2) is 0 Å². The number of benzene rings is 1. The van der Waals surface area contributed by atoms with Gasteiger partial charge in [0, 0.05) is 0 Å². The maximum absolute atomic E-state index is 13.5. The van der Waals surface area contributed by atoms with Crippen molar-refractivity contribution in [2.45, 2.75) is 12.5 Å². The molecule has 0 aromatic heterocycles. The van der Waals surface area contributed by atoms with Crippen LogP contribution in [0.5, 0.6) is 0 Å². The topological polar surface area (TPSA) is 58.9 Å². The van der Waals surface area contributed by atoms with Crippen molar-refractivity contribution in [2.75, 3.05) is 13.2 Å². The predicted molar refractivity (Wildman–Crippen MR) is 69.4 cm³/mol. The zero-order valence-corrected chi connectivity index (χ0v) is 12.7. The molecule has 4 nitrogen and oxygen atoms in total. The fraction of sp³-hybridized carbons (Fsp3) is 0.333. The van der Waals surface area contributed by atoms with Crippen LogP contribution in [-0.4, -0.2) is 29.1 Å². The molecule has 1 unspecified atom stereocenters. The van der Waals surface area contributed by atoms with E-state index in [-0.39, 0.29) is 6.61 Å². The third-order valence-electron chi connectivity index (χ3n) is 2.59. The molecule has 1 rings (SSSR count). The first-order valence-electron chi connectivity index (χ1n) is 6.17. The van der Waals surface area contributed by atoms with E-state index in [1.807, 2.05) is 0 Å². The summed E-state index contributed by atoms with van der Waals surface area (Å²) in [5.41, 5.74) is -1.46. The summed E-state index contributed by atoms with van der Waals surface area (Å²) in [6, 6.07) is 0. The summed E-state index contributed by atoms with van der Waals surface area (Å²) in [4.78, 5) is 16.9. The van der Waals surface area contributed by atoms with E-state index in [9.17, 15) is 30.3 Å². The van der Waals surface area contributed by atoms with Crippen molar-refractivity contribution >= 4 is 7.91 Å². The van der Waals surface area contributed by atoms with Crippen LogP contribution in [0.1, 0.15) is 5.56 Å². The average molecular weight is 384 g/mol. The van der Waals surface area contributed by atoms with Crippen molar-refractivity contribution in [1.29, 1.82) is 0 Å². The molecule has 0 aliphatic rings. The minimum atomic E-state index is -7.59. The van der Waals surface area contributed by atoms with Gasteiger partial charge in [-0.15, -0.1) is 0 Å². The van der Waals surface area contributed by atoms with Gasteiger partial charge in [0.1, 0.15) is 0 Å². The number of hydrogen-bond acceptors (Lipinski definition) is 4. The van der Waals surface area contributed by atoms with Crippen molar-refractivity contribution in [1.82, 2.24) is 0 Å². The van der Waals surface area contributed by atoms with Crippen LogP contribution in [0.25, 0.3) is 0 Å². The van der Waals surface area contributed by atoms with Gasteiger partial charge in [-0.2, -0.15) is 0 Å². The fourth-order valence-electron chi connectivity index (χ4n) is 1.71. The number of halogens is 7. The molecule has 0 saturated carbocycles. The van der Waals surface area contributed by atoms with Gasteiger partial charge in [0.05, 0.1) is 0 Å². The van der Waals surface area contributed by atoms with Crippen LogP contribution in [0.15, 0.2) is 12.7 Å². The molecule has 12 heteroatoms. The van der Waals surface area contributed by atoms with Gasteiger partial charge >= 0.3 is 130 Å². The molecule has 138 valence electrons. The van der Waals surface area contributed by atoms with Crippen LogP contribution in [0.3, 0.4) is 0 Å². The van der Waals surface area contributed by atoms with Gasteiger partial charge in [-0.05, 0) is 0 Å². The van der Waals surface area contributed by atoms with E-state index in [4.69, 9.17) is 9.79 Å². The molecule has 1 atom stereocenters. The molecule has 0 fully saturated rings. The average Bonchev–Trinajstić information content (AvgIpc) is 2.45. The maximum atomic E-state index is 13.5. The van der Waals surface area contributed by atoms with E-state index in [0.29, 0.717) is 0 Å². The van der Waals surface area contributed by atoms with E-state index >= 15 is 0 Å². The van der Waals surface area contributed by atoms with Gasteiger partial charge < -0.3 is 0 Å². The molecule has 1 aromatic rings. The van der Waals surface area contributed by atoms with E-state index in [1.165, 1.54) is 0 Å². The van der Waals surface area contributed by atoms with Gasteiger partial charge in [-0.3, -0.25) is 0 Å². The molecule has 2 N–H and O–H groups in total. The molecule has 0 aliphatic heterocycles. The zero-order valence-electron chi connectivity index (χ0n) is 11.8. The fourth-order valence-corrected chi connectivity index (χ4v) is 2.34. The Kier molecular flexibility index (Phi) is 6.34. The van der Waals surface area contributed by atoms with Crippen LogP contribution in [0.4, 0.5) is 30.3 Å². The Balaban J connectivity index is 3.16. The van der Waals surface area contributed by atoms with E-state index in [2.05, 4.69) is 15.8 Å². The quantitative estimate of drug-likeness (QED) is 0.180. The first-order chi connectivity index (χ1) is 10.8. The monoisotopic (exact) mass is 384 g/mol. The molecule has 24 heavy (non-hydrogen) atoms. The molecule has 0 spiro atoms. The van der Waals surface area contributed by atoms with Gasteiger partial charge in [0.15, 0.2) is 0 Å². The zero-order chi connectivity index (χ0) is 18.7. The molecule has 0 radical (unpaired) electrons. The predicted octanol–water partition coefficient (Wildman–Crippen LogP) is 3.56. The summed E-state index contributed by atoms with van der Waals surface area (Å²) >= 11 is 0. The molecule has 0 aliphatic carbocycles. The van der Waals surface area contributed by atoms with Crippen LogP contribution in [0.2, 0.25) is 0 Å². The molecule has 0 saturated heterocycles. The van der Waals surface area contributed by atoms with Crippen LogP contribution >= 0.6 is 7.91 Å². The first kappa shape index (κ1) is 20.8. The van der Waals surface area contributed by atoms with E-state index < -0.39 is 61.7 Å². The molecule has 0 bridgehead atoms. The summed E-state index contributed by atoms with van der Waals surface area (Å²) in [5.74, 6) is -11.5. The Bertz CT molecular complexity index is 594. The van der Waals surface area contributed by atoms with Gasteiger partial charge in [0.25, 0.3) is 0 Å². The molecule has 1 aromatic carbocycles. The molecule has 0 amide bonds. The van der Waals surface area contributed by atoms with Crippen LogP contribution < -0.4 is 0 Å². The van der Waals surface area contributed by atoms with Crippen LogP contribution in [-0.2, 0) is 15.7 Å². The Morgan fingerprint density at radius 1 is 0.958 bits per heavy atom. The summed E-state index contributed by atoms with van der Waals surface area (Å²) in [7, 11) is -7.59. The Morgan fingerprint density at radius 3 is 1.83 bits per heavy atom. The third-order valence-corrected chi connectivity index (χ3v) is 3.24. The number of rotatable bonds is 8. The van der Waals surface area contributed by atoms with Crippen LogP contribution in [0, 0.1) is 29.1 Å². The van der Waals surface area contributed by atoms with Crippen molar-refractivity contribution < 1.29 is 49.4 Å². The van der Waals surface area contributed by atoms with Gasteiger partial charge in [-0.1, -0.05) is 0 Å². The Labute approximate surface area is 131 Å². The Morgan fingerprint density at radius 2 is 1.42 bits per heavy atom. The van der Waals surface area contributed by atoms with Crippen molar-refractivity contribution in [3.8, 4) is 0 Å². The molecular weight excluding hydrogens is 372 g/mol. The Hall–Kier alpha value is -1.26. The second-order valence-electron chi connectivity index (χ2n) is 4.56. The molecule has 0 heterocycles. The van der Waals surface area contributed by atoms with E-state index in [1.54, 1.807) is 0 Å². The minimum absolute atomic E-state index is 0.234. The normalized spacial score (nSPS) is 15.0. The number of hydrogen-bond donors (Lipinski definition) is 2. The summed E-state index contributed by atoms with van der Waals surface area (Å²) in [5, 5.41) is 0. The number of ether oxygens (including phenoxy) is 1. The first-order valence-corrected chi connectivity index (χ1v) is 8.01.